The third kappa shape index (κ3) is 7.40. The van der Waals surface area contributed by atoms with Crippen LogP contribution in [0.15, 0.2) is 42.5 Å². The third-order valence-electron chi connectivity index (χ3n) is 4.85. The lowest BCUT2D eigenvalue weighted by Gasteiger charge is -2.22. The third-order valence-corrected chi connectivity index (χ3v) is 4.85. The van der Waals surface area contributed by atoms with Crippen LogP contribution in [0.3, 0.4) is 0 Å². The van der Waals surface area contributed by atoms with Crippen molar-refractivity contribution in [1.82, 2.24) is 16.2 Å². The molecule has 2 aromatic rings. The Kier molecular flexibility index (Phi) is 10.2. The highest BCUT2D eigenvalue weighted by Crippen LogP contribution is 2.28. The molecule has 184 valence electrons. The molecule has 0 unspecified atom stereocenters. The number of carbonyl (C=O) groups is 3. The largest absolute Gasteiger partial charge is 0.494 e. The van der Waals surface area contributed by atoms with E-state index in [1.54, 1.807) is 50.2 Å². The first-order valence-corrected chi connectivity index (χ1v) is 11.2. The van der Waals surface area contributed by atoms with Gasteiger partial charge in [0.25, 0.3) is 17.7 Å². The standard InChI is InChI=1S/C25H33N3O6/c1-6-14-34-20-13-10-18(15-21(20)32-5)24(30)27-28-25(31)22(16(3)4)26-23(29)17-8-11-19(12-9-17)33-7-2/h8-13,15-16,22H,6-7,14H2,1-5H3,(H,26,29)(H,27,30)(H,28,31)/t22-/m0/s1. The quantitative estimate of drug-likeness (QED) is 0.434. The minimum atomic E-state index is -0.862. The van der Waals surface area contributed by atoms with E-state index >= 15 is 0 Å². The van der Waals surface area contributed by atoms with E-state index in [-0.39, 0.29) is 11.5 Å². The van der Waals surface area contributed by atoms with Gasteiger partial charge >= 0.3 is 0 Å². The second-order valence-corrected chi connectivity index (χ2v) is 7.81. The van der Waals surface area contributed by atoms with Crippen molar-refractivity contribution < 1.29 is 28.6 Å². The van der Waals surface area contributed by atoms with E-state index in [9.17, 15) is 14.4 Å². The average molecular weight is 472 g/mol. The minimum Gasteiger partial charge on any atom is -0.494 e. The number of rotatable bonds is 11. The average Bonchev–Trinajstić information content (AvgIpc) is 2.84. The minimum absolute atomic E-state index is 0.223. The first-order chi connectivity index (χ1) is 16.3. The molecule has 3 amide bonds. The van der Waals surface area contributed by atoms with Crippen molar-refractivity contribution in [3.63, 3.8) is 0 Å². The number of amides is 3. The number of benzene rings is 2. The van der Waals surface area contributed by atoms with E-state index in [1.807, 2.05) is 13.8 Å². The first-order valence-electron chi connectivity index (χ1n) is 11.2. The van der Waals surface area contributed by atoms with Gasteiger partial charge in [-0.3, -0.25) is 25.2 Å². The topological polar surface area (TPSA) is 115 Å². The Balaban J connectivity index is 2.00. The number of ether oxygens (including phenoxy) is 3. The van der Waals surface area contributed by atoms with Gasteiger partial charge in [0.1, 0.15) is 11.8 Å². The van der Waals surface area contributed by atoms with Crippen molar-refractivity contribution >= 4 is 17.7 Å². The summed E-state index contributed by atoms with van der Waals surface area (Å²) < 4.78 is 16.3. The zero-order valence-corrected chi connectivity index (χ0v) is 20.3. The van der Waals surface area contributed by atoms with Gasteiger partial charge in [-0.25, -0.2) is 0 Å². The Morgan fingerprint density at radius 3 is 2.12 bits per heavy atom. The van der Waals surface area contributed by atoms with E-state index in [2.05, 4.69) is 16.2 Å². The lowest BCUT2D eigenvalue weighted by Crippen LogP contribution is -2.54. The molecule has 3 N–H and O–H groups in total. The lowest BCUT2D eigenvalue weighted by atomic mass is 10.0. The number of hydrogen-bond donors (Lipinski definition) is 3. The van der Waals surface area contributed by atoms with Gasteiger partial charge in [0.05, 0.1) is 20.3 Å². The van der Waals surface area contributed by atoms with Crippen LogP contribution in [0.25, 0.3) is 0 Å². The van der Waals surface area contributed by atoms with Gasteiger partial charge in [-0.05, 0) is 61.7 Å². The maximum absolute atomic E-state index is 12.7. The number of methoxy groups -OCH3 is 1. The Hall–Kier alpha value is -3.75. The smallest absolute Gasteiger partial charge is 0.269 e. The fraction of sp³-hybridized carbons (Fsp3) is 0.400. The van der Waals surface area contributed by atoms with Crippen molar-refractivity contribution in [2.45, 2.75) is 40.2 Å². The molecular weight excluding hydrogens is 438 g/mol. The Morgan fingerprint density at radius 1 is 0.853 bits per heavy atom. The van der Waals surface area contributed by atoms with E-state index in [4.69, 9.17) is 14.2 Å². The summed E-state index contributed by atoms with van der Waals surface area (Å²) in [6.07, 6.45) is 0.837. The van der Waals surface area contributed by atoms with Gasteiger partial charge in [-0.1, -0.05) is 20.8 Å². The maximum atomic E-state index is 12.7. The molecule has 34 heavy (non-hydrogen) atoms. The van der Waals surface area contributed by atoms with Gasteiger partial charge < -0.3 is 19.5 Å². The molecule has 9 heteroatoms. The number of carbonyl (C=O) groups excluding carboxylic acids is 3. The predicted octanol–water partition coefficient (Wildman–Crippen LogP) is 3.10. The molecule has 2 aromatic carbocycles. The van der Waals surface area contributed by atoms with Crippen LogP contribution in [0.4, 0.5) is 0 Å². The molecule has 0 aromatic heterocycles. The normalized spacial score (nSPS) is 11.4. The number of hydrogen-bond acceptors (Lipinski definition) is 6. The van der Waals surface area contributed by atoms with E-state index in [0.717, 1.165) is 6.42 Å². The predicted molar refractivity (Wildman–Crippen MR) is 128 cm³/mol. The lowest BCUT2D eigenvalue weighted by molar-refractivity contribution is -0.124. The molecule has 0 aliphatic rings. The summed E-state index contributed by atoms with van der Waals surface area (Å²) in [6.45, 7) is 8.50. The van der Waals surface area contributed by atoms with Gasteiger partial charge in [0, 0.05) is 11.1 Å². The van der Waals surface area contributed by atoms with Gasteiger partial charge in [-0.15, -0.1) is 0 Å². The summed E-state index contributed by atoms with van der Waals surface area (Å²) in [7, 11) is 1.48. The molecule has 1 atom stereocenters. The van der Waals surface area contributed by atoms with Gasteiger partial charge in [-0.2, -0.15) is 0 Å². The fourth-order valence-corrected chi connectivity index (χ4v) is 3.04. The van der Waals surface area contributed by atoms with Crippen LogP contribution in [0.5, 0.6) is 17.2 Å². The van der Waals surface area contributed by atoms with Crippen LogP contribution in [-0.2, 0) is 4.79 Å². The maximum Gasteiger partial charge on any atom is 0.269 e. The molecular formula is C25H33N3O6. The molecule has 0 spiro atoms. The highest BCUT2D eigenvalue weighted by Gasteiger charge is 2.25. The Morgan fingerprint density at radius 2 is 1.53 bits per heavy atom. The molecule has 0 heterocycles. The summed E-state index contributed by atoms with van der Waals surface area (Å²) in [4.78, 5) is 37.9. The van der Waals surface area contributed by atoms with Crippen molar-refractivity contribution in [3.8, 4) is 17.2 Å². The molecule has 0 aliphatic heterocycles. The Bertz CT molecular complexity index is 975. The van der Waals surface area contributed by atoms with Crippen LogP contribution in [-0.4, -0.2) is 44.1 Å². The van der Waals surface area contributed by atoms with E-state index < -0.39 is 23.8 Å². The monoisotopic (exact) mass is 471 g/mol. The number of nitrogens with one attached hydrogen (secondary N) is 3. The highest BCUT2D eigenvalue weighted by atomic mass is 16.5. The van der Waals surface area contributed by atoms with Gasteiger partial charge in [0.15, 0.2) is 11.5 Å². The van der Waals surface area contributed by atoms with Crippen LogP contribution in [0.2, 0.25) is 0 Å². The zero-order chi connectivity index (χ0) is 25.1. The van der Waals surface area contributed by atoms with Crippen molar-refractivity contribution in [2.24, 2.45) is 5.92 Å². The summed E-state index contributed by atoms with van der Waals surface area (Å²) in [6, 6.07) is 10.5. The SMILES string of the molecule is CCCOc1ccc(C(=O)NNC(=O)[C@@H](NC(=O)c2ccc(OCC)cc2)C(C)C)cc1OC. The van der Waals surface area contributed by atoms with Crippen LogP contribution >= 0.6 is 0 Å². The summed E-state index contributed by atoms with van der Waals surface area (Å²) in [5, 5.41) is 2.71. The summed E-state index contributed by atoms with van der Waals surface area (Å²) >= 11 is 0. The van der Waals surface area contributed by atoms with Crippen LogP contribution in [0, 0.1) is 5.92 Å². The zero-order valence-electron chi connectivity index (χ0n) is 20.3. The summed E-state index contributed by atoms with van der Waals surface area (Å²) in [5.74, 6) is -0.112. The second-order valence-electron chi connectivity index (χ2n) is 7.81. The molecule has 0 aliphatic carbocycles. The first kappa shape index (κ1) is 26.5. The van der Waals surface area contributed by atoms with Crippen LogP contribution < -0.4 is 30.4 Å². The molecule has 2 rings (SSSR count). The van der Waals surface area contributed by atoms with Crippen molar-refractivity contribution in [3.05, 3.63) is 53.6 Å². The number of hydrazine groups is 1. The van der Waals surface area contributed by atoms with E-state index in [1.165, 1.54) is 13.2 Å². The molecule has 0 saturated heterocycles. The van der Waals surface area contributed by atoms with Crippen molar-refractivity contribution in [2.75, 3.05) is 20.3 Å². The molecule has 0 radical (unpaired) electrons. The molecule has 9 nitrogen and oxygen atoms in total. The highest BCUT2D eigenvalue weighted by molar-refractivity contribution is 5.99. The van der Waals surface area contributed by atoms with Crippen LogP contribution in [0.1, 0.15) is 54.8 Å². The second kappa shape index (κ2) is 13.1. The molecule has 0 saturated carbocycles. The Labute approximate surface area is 200 Å². The van der Waals surface area contributed by atoms with E-state index in [0.29, 0.717) is 36.0 Å². The van der Waals surface area contributed by atoms with Gasteiger partial charge in [0.2, 0.25) is 0 Å². The summed E-state index contributed by atoms with van der Waals surface area (Å²) in [5.41, 5.74) is 5.44. The van der Waals surface area contributed by atoms with Crippen molar-refractivity contribution in [1.29, 1.82) is 0 Å². The fourth-order valence-electron chi connectivity index (χ4n) is 3.04. The molecule has 0 fully saturated rings. The molecule has 0 bridgehead atoms.